The molecule has 13 heavy (non-hydrogen) atoms. The van der Waals surface area contributed by atoms with Crippen LogP contribution in [0.25, 0.3) is 0 Å². The Balaban J connectivity index is 2.31. The molecule has 0 saturated heterocycles. The van der Waals surface area contributed by atoms with Crippen molar-refractivity contribution in [1.29, 1.82) is 0 Å². The lowest BCUT2D eigenvalue weighted by atomic mass is 10.2. The van der Waals surface area contributed by atoms with Crippen LogP contribution in [0.2, 0.25) is 0 Å². The Morgan fingerprint density at radius 1 is 1.62 bits per heavy atom. The average Bonchev–Trinajstić information content (AvgIpc) is 2.51. The minimum Gasteiger partial charge on any atom is -0.358 e. The van der Waals surface area contributed by atoms with Gasteiger partial charge in [0.2, 0.25) is 5.91 Å². The highest BCUT2D eigenvalue weighted by Crippen LogP contribution is 2.21. The number of amides is 1. The summed E-state index contributed by atoms with van der Waals surface area (Å²) in [4.78, 5) is 13.2. The van der Waals surface area contributed by atoms with E-state index >= 15 is 0 Å². The summed E-state index contributed by atoms with van der Waals surface area (Å²) in [6.07, 6.45) is 3.23. The van der Waals surface area contributed by atoms with Crippen LogP contribution in [0.5, 0.6) is 0 Å². The van der Waals surface area contributed by atoms with Crippen LogP contribution in [-0.4, -0.2) is 43.5 Å². The maximum atomic E-state index is 11.1. The van der Waals surface area contributed by atoms with Gasteiger partial charge in [-0.25, -0.2) is 0 Å². The molecule has 1 amide bonds. The Kier molecular flexibility index (Phi) is 3.69. The molecule has 4 nitrogen and oxygen atoms in total. The van der Waals surface area contributed by atoms with Crippen LogP contribution < -0.4 is 11.1 Å². The van der Waals surface area contributed by atoms with Gasteiger partial charge in [-0.05, 0) is 26.3 Å². The van der Waals surface area contributed by atoms with Gasteiger partial charge in [-0.3, -0.25) is 9.69 Å². The summed E-state index contributed by atoms with van der Waals surface area (Å²) in [5.74, 6) is 0.0722. The summed E-state index contributed by atoms with van der Waals surface area (Å²) in [7, 11) is 3.65. The van der Waals surface area contributed by atoms with Gasteiger partial charge in [0.1, 0.15) is 0 Å². The molecular formula is C9H19N3O. The molecule has 4 heteroatoms. The Morgan fingerprint density at radius 3 is 2.77 bits per heavy atom. The first-order valence-corrected chi connectivity index (χ1v) is 4.80. The van der Waals surface area contributed by atoms with Crippen LogP contribution in [0.4, 0.5) is 0 Å². The van der Waals surface area contributed by atoms with E-state index in [0.29, 0.717) is 18.6 Å². The molecule has 0 bridgehead atoms. The van der Waals surface area contributed by atoms with Gasteiger partial charge in [0, 0.05) is 19.1 Å². The Labute approximate surface area is 79.5 Å². The Bertz CT molecular complexity index is 184. The van der Waals surface area contributed by atoms with E-state index < -0.39 is 0 Å². The van der Waals surface area contributed by atoms with Gasteiger partial charge in [-0.1, -0.05) is 0 Å². The molecule has 0 aliphatic heterocycles. The molecule has 3 N–H and O–H groups in total. The van der Waals surface area contributed by atoms with E-state index in [1.807, 2.05) is 7.05 Å². The lowest BCUT2D eigenvalue weighted by Crippen LogP contribution is -2.39. The van der Waals surface area contributed by atoms with Gasteiger partial charge in [-0.15, -0.1) is 0 Å². The van der Waals surface area contributed by atoms with Crippen molar-refractivity contribution in [3.8, 4) is 0 Å². The van der Waals surface area contributed by atoms with Crippen molar-refractivity contribution < 1.29 is 4.79 Å². The third kappa shape index (κ3) is 2.97. The van der Waals surface area contributed by atoms with E-state index in [0.717, 1.165) is 19.3 Å². The number of hydrogen-bond acceptors (Lipinski definition) is 3. The average molecular weight is 185 g/mol. The summed E-state index contributed by atoms with van der Waals surface area (Å²) < 4.78 is 0. The van der Waals surface area contributed by atoms with Gasteiger partial charge in [0.05, 0.1) is 6.54 Å². The van der Waals surface area contributed by atoms with Crippen molar-refractivity contribution in [3.05, 3.63) is 0 Å². The quantitative estimate of drug-likeness (QED) is 0.626. The van der Waals surface area contributed by atoms with E-state index in [2.05, 4.69) is 10.2 Å². The topological polar surface area (TPSA) is 58.4 Å². The van der Waals surface area contributed by atoms with Gasteiger partial charge in [0.15, 0.2) is 0 Å². The van der Waals surface area contributed by atoms with Gasteiger partial charge >= 0.3 is 0 Å². The first kappa shape index (κ1) is 10.5. The number of carbonyl (C=O) groups excluding carboxylic acids is 1. The van der Waals surface area contributed by atoms with E-state index in [1.54, 1.807) is 7.05 Å². The van der Waals surface area contributed by atoms with E-state index in [-0.39, 0.29) is 5.91 Å². The number of nitrogens with two attached hydrogens (primary N) is 1. The van der Waals surface area contributed by atoms with Gasteiger partial charge < -0.3 is 11.1 Å². The molecule has 1 rings (SSSR count). The smallest absolute Gasteiger partial charge is 0.233 e. The lowest BCUT2D eigenvalue weighted by molar-refractivity contribution is -0.121. The minimum atomic E-state index is 0.0722. The highest BCUT2D eigenvalue weighted by atomic mass is 16.1. The van der Waals surface area contributed by atoms with Crippen molar-refractivity contribution in [3.63, 3.8) is 0 Å². The lowest BCUT2D eigenvalue weighted by Gasteiger charge is -2.22. The molecule has 0 aromatic heterocycles. The number of rotatable bonds is 3. The number of carbonyl (C=O) groups is 1. The van der Waals surface area contributed by atoms with Crippen LogP contribution in [0.3, 0.4) is 0 Å². The largest absolute Gasteiger partial charge is 0.358 e. The number of hydrogen-bond donors (Lipinski definition) is 2. The minimum absolute atomic E-state index is 0.0722. The molecule has 1 fully saturated rings. The fourth-order valence-electron chi connectivity index (χ4n) is 1.83. The monoisotopic (exact) mass is 185 g/mol. The molecule has 0 radical (unpaired) electrons. The zero-order chi connectivity index (χ0) is 9.84. The summed E-state index contributed by atoms with van der Waals surface area (Å²) in [6, 6.07) is 0.824. The molecule has 1 saturated carbocycles. The molecule has 0 spiro atoms. The number of nitrogens with zero attached hydrogens (tertiary/aromatic N) is 1. The molecule has 0 aromatic rings. The van der Waals surface area contributed by atoms with Crippen molar-refractivity contribution >= 4 is 5.91 Å². The van der Waals surface area contributed by atoms with Gasteiger partial charge in [0.25, 0.3) is 0 Å². The third-order valence-electron chi connectivity index (χ3n) is 2.74. The van der Waals surface area contributed by atoms with Crippen molar-refractivity contribution in [1.82, 2.24) is 10.2 Å². The second kappa shape index (κ2) is 4.58. The zero-order valence-electron chi connectivity index (χ0n) is 8.42. The molecule has 1 aliphatic rings. The standard InChI is InChI=1S/C9H19N3O/c1-11-9(13)6-12(2)8-4-3-7(10)5-8/h7-8H,3-6,10H2,1-2H3,(H,11,13). The number of likely N-dealkylation sites (N-methyl/N-ethyl adjacent to an activating group) is 2. The zero-order valence-corrected chi connectivity index (χ0v) is 8.42. The summed E-state index contributed by atoms with van der Waals surface area (Å²) in [5.41, 5.74) is 5.80. The highest BCUT2D eigenvalue weighted by molar-refractivity contribution is 5.77. The van der Waals surface area contributed by atoms with Crippen LogP contribution in [-0.2, 0) is 4.79 Å². The normalized spacial score (nSPS) is 28.0. The Hall–Kier alpha value is -0.610. The van der Waals surface area contributed by atoms with Gasteiger partial charge in [-0.2, -0.15) is 0 Å². The molecule has 2 atom stereocenters. The van der Waals surface area contributed by atoms with Crippen molar-refractivity contribution in [2.45, 2.75) is 31.3 Å². The molecule has 0 aromatic carbocycles. The third-order valence-corrected chi connectivity index (χ3v) is 2.74. The maximum Gasteiger partial charge on any atom is 0.233 e. The van der Waals surface area contributed by atoms with Crippen molar-refractivity contribution in [2.24, 2.45) is 5.73 Å². The summed E-state index contributed by atoms with van der Waals surface area (Å²) in [5, 5.41) is 2.62. The van der Waals surface area contributed by atoms with Crippen LogP contribution in [0, 0.1) is 0 Å². The van der Waals surface area contributed by atoms with Crippen LogP contribution in [0.15, 0.2) is 0 Å². The summed E-state index contributed by atoms with van der Waals surface area (Å²) >= 11 is 0. The second-order valence-electron chi connectivity index (χ2n) is 3.82. The molecule has 76 valence electrons. The van der Waals surface area contributed by atoms with Crippen LogP contribution >= 0.6 is 0 Å². The molecule has 0 heterocycles. The second-order valence-corrected chi connectivity index (χ2v) is 3.82. The predicted molar refractivity (Wildman–Crippen MR) is 52.3 cm³/mol. The molecular weight excluding hydrogens is 166 g/mol. The van der Waals surface area contributed by atoms with E-state index in [4.69, 9.17) is 5.73 Å². The van der Waals surface area contributed by atoms with Crippen LogP contribution in [0.1, 0.15) is 19.3 Å². The SMILES string of the molecule is CNC(=O)CN(C)C1CCC(N)C1. The fraction of sp³-hybridized carbons (Fsp3) is 0.889. The first-order chi connectivity index (χ1) is 6.13. The first-order valence-electron chi connectivity index (χ1n) is 4.80. The Morgan fingerprint density at radius 2 is 2.31 bits per heavy atom. The fourth-order valence-corrected chi connectivity index (χ4v) is 1.83. The van der Waals surface area contributed by atoms with E-state index in [9.17, 15) is 4.79 Å². The molecule has 2 unspecified atom stereocenters. The number of nitrogens with one attached hydrogen (secondary N) is 1. The molecule has 1 aliphatic carbocycles. The summed E-state index contributed by atoms with van der Waals surface area (Å²) in [6.45, 7) is 0.480. The predicted octanol–water partition coefficient (Wildman–Crippen LogP) is -0.456. The van der Waals surface area contributed by atoms with E-state index in [1.165, 1.54) is 0 Å². The maximum absolute atomic E-state index is 11.1. The van der Waals surface area contributed by atoms with Crippen molar-refractivity contribution in [2.75, 3.05) is 20.6 Å². The highest BCUT2D eigenvalue weighted by Gasteiger charge is 2.25.